The summed E-state index contributed by atoms with van der Waals surface area (Å²) in [6.45, 7) is 1.87. The molecule has 0 saturated heterocycles. The number of aromatic amines is 1. The third-order valence-corrected chi connectivity index (χ3v) is 4.26. The number of hydrogen-bond donors (Lipinski definition) is 1. The normalized spacial score (nSPS) is 14.2. The Morgan fingerprint density at radius 2 is 1.62 bits per heavy atom. The zero-order valence-electron chi connectivity index (χ0n) is 11.7. The van der Waals surface area contributed by atoms with Gasteiger partial charge in [0.05, 0.1) is 5.69 Å². The minimum absolute atomic E-state index is 0.0215. The number of H-pyrrole nitrogens is 1. The summed E-state index contributed by atoms with van der Waals surface area (Å²) < 4.78 is 0. The van der Waals surface area contributed by atoms with Crippen molar-refractivity contribution in [3.8, 4) is 0 Å². The molecule has 0 atom stereocenters. The summed E-state index contributed by atoms with van der Waals surface area (Å²) in [6, 6.07) is 16.4. The van der Waals surface area contributed by atoms with E-state index in [1.54, 1.807) is 0 Å². The summed E-state index contributed by atoms with van der Waals surface area (Å²) in [5.74, 6) is 0. The highest BCUT2D eigenvalue weighted by Crippen LogP contribution is 2.28. The van der Waals surface area contributed by atoms with Crippen LogP contribution in [-0.2, 0) is 13.0 Å². The highest BCUT2D eigenvalue weighted by Gasteiger charge is 2.18. The second-order valence-corrected chi connectivity index (χ2v) is 5.49. The Hall–Kier alpha value is -2.55. The molecule has 0 aliphatic carbocycles. The van der Waals surface area contributed by atoms with Gasteiger partial charge in [-0.3, -0.25) is 4.79 Å². The van der Waals surface area contributed by atoms with E-state index in [1.165, 1.54) is 11.1 Å². The van der Waals surface area contributed by atoms with Gasteiger partial charge in [-0.25, -0.2) is 0 Å². The van der Waals surface area contributed by atoms with Crippen LogP contribution in [-0.4, -0.2) is 11.5 Å². The van der Waals surface area contributed by atoms with Gasteiger partial charge < -0.3 is 9.88 Å². The molecule has 4 rings (SSSR count). The number of rotatable bonds is 1. The summed E-state index contributed by atoms with van der Waals surface area (Å²) >= 11 is 0. The minimum Gasteiger partial charge on any atom is -0.365 e. The molecule has 3 nitrogen and oxygen atoms in total. The second-order valence-electron chi connectivity index (χ2n) is 5.49. The first-order valence-corrected chi connectivity index (χ1v) is 7.25. The number of anilines is 1. The molecule has 2 heterocycles. The van der Waals surface area contributed by atoms with Crippen LogP contribution in [0, 0.1) is 0 Å². The van der Waals surface area contributed by atoms with Crippen molar-refractivity contribution >= 4 is 16.5 Å². The lowest BCUT2D eigenvalue weighted by Crippen LogP contribution is -2.31. The van der Waals surface area contributed by atoms with Gasteiger partial charge in [0, 0.05) is 30.1 Å². The van der Waals surface area contributed by atoms with Crippen molar-refractivity contribution in [2.24, 2.45) is 0 Å². The van der Waals surface area contributed by atoms with Crippen molar-refractivity contribution in [3.63, 3.8) is 0 Å². The Balaban J connectivity index is 1.82. The molecule has 104 valence electrons. The van der Waals surface area contributed by atoms with Crippen molar-refractivity contribution in [2.75, 3.05) is 11.4 Å². The van der Waals surface area contributed by atoms with Crippen LogP contribution in [0.4, 0.5) is 5.69 Å². The van der Waals surface area contributed by atoms with E-state index in [9.17, 15) is 4.79 Å². The van der Waals surface area contributed by atoms with Gasteiger partial charge in [-0.1, -0.05) is 42.5 Å². The van der Waals surface area contributed by atoms with Gasteiger partial charge in [-0.05, 0) is 23.6 Å². The zero-order chi connectivity index (χ0) is 14.2. The van der Waals surface area contributed by atoms with Crippen molar-refractivity contribution in [2.45, 2.75) is 13.0 Å². The fourth-order valence-electron chi connectivity index (χ4n) is 3.16. The molecule has 2 aromatic carbocycles. The monoisotopic (exact) mass is 276 g/mol. The second kappa shape index (κ2) is 4.77. The van der Waals surface area contributed by atoms with E-state index in [0.29, 0.717) is 0 Å². The zero-order valence-corrected chi connectivity index (χ0v) is 11.7. The lowest BCUT2D eigenvalue weighted by atomic mass is 9.99. The van der Waals surface area contributed by atoms with Crippen molar-refractivity contribution in [1.82, 2.24) is 4.98 Å². The number of aromatic nitrogens is 1. The molecule has 1 aliphatic heterocycles. The van der Waals surface area contributed by atoms with E-state index in [1.807, 2.05) is 30.5 Å². The fourth-order valence-corrected chi connectivity index (χ4v) is 3.16. The summed E-state index contributed by atoms with van der Waals surface area (Å²) in [4.78, 5) is 17.2. The van der Waals surface area contributed by atoms with E-state index >= 15 is 0 Å². The molecule has 0 unspecified atom stereocenters. The maximum Gasteiger partial charge on any atom is 0.255 e. The first-order chi connectivity index (χ1) is 10.3. The minimum atomic E-state index is -0.0215. The van der Waals surface area contributed by atoms with E-state index < -0.39 is 0 Å². The highest BCUT2D eigenvalue weighted by atomic mass is 16.1. The van der Waals surface area contributed by atoms with Crippen LogP contribution >= 0.6 is 0 Å². The van der Waals surface area contributed by atoms with Crippen LogP contribution in [0.15, 0.2) is 59.5 Å². The van der Waals surface area contributed by atoms with E-state index in [4.69, 9.17) is 0 Å². The highest BCUT2D eigenvalue weighted by molar-refractivity contribution is 5.93. The van der Waals surface area contributed by atoms with E-state index in [2.05, 4.69) is 34.1 Å². The first kappa shape index (κ1) is 12.2. The van der Waals surface area contributed by atoms with E-state index in [-0.39, 0.29) is 5.56 Å². The number of pyridine rings is 1. The molecular formula is C18H16N2O. The van der Waals surface area contributed by atoms with Gasteiger partial charge in [-0.15, -0.1) is 0 Å². The number of nitrogens with one attached hydrogen (secondary N) is 1. The summed E-state index contributed by atoms with van der Waals surface area (Å²) in [5, 5.41) is 1.79. The summed E-state index contributed by atoms with van der Waals surface area (Å²) in [7, 11) is 0. The van der Waals surface area contributed by atoms with Gasteiger partial charge in [0.1, 0.15) is 0 Å². The average molecular weight is 276 g/mol. The lowest BCUT2D eigenvalue weighted by molar-refractivity contribution is 0.732. The Labute approximate surface area is 122 Å². The average Bonchev–Trinajstić information content (AvgIpc) is 2.55. The molecule has 3 heteroatoms. The topological polar surface area (TPSA) is 36.1 Å². The third kappa shape index (κ3) is 2.02. The number of benzene rings is 2. The van der Waals surface area contributed by atoms with Gasteiger partial charge in [-0.2, -0.15) is 0 Å². The predicted molar refractivity (Wildman–Crippen MR) is 85.8 cm³/mol. The SMILES string of the molecule is O=c1[nH]cc(N2CCc3ccccc3C2)c2ccccc12. The Kier molecular flexibility index (Phi) is 2.78. The number of nitrogens with zero attached hydrogens (tertiary/aromatic N) is 1. The molecule has 1 aliphatic rings. The third-order valence-electron chi connectivity index (χ3n) is 4.26. The molecule has 1 N–H and O–H groups in total. The molecule has 0 spiro atoms. The Morgan fingerprint density at radius 3 is 2.48 bits per heavy atom. The Morgan fingerprint density at radius 1 is 0.905 bits per heavy atom. The van der Waals surface area contributed by atoms with Crippen molar-refractivity contribution in [3.05, 3.63) is 76.2 Å². The molecular weight excluding hydrogens is 260 g/mol. The van der Waals surface area contributed by atoms with Crippen LogP contribution < -0.4 is 10.5 Å². The van der Waals surface area contributed by atoms with Crippen molar-refractivity contribution < 1.29 is 0 Å². The van der Waals surface area contributed by atoms with Gasteiger partial charge >= 0.3 is 0 Å². The van der Waals surface area contributed by atoms with Crippen LogP contribution in [0.5, 0.6) is 0 Å². The largest absolute Gasteiger partial charge is 0.365 e. The number of hydrogen-bond acceptors (Lipinski definition) is 2. The predicted octanol–water partition coefficient (Wildman–Crippen LogP) is 3.09. The molecule has 0 fully saturated rings. The molecule has 21 heavy (non-hydrogen) atoms. The summed E-state index contributed by atoms with van der Waals surface area (Å²) in [5.41, 5.74) is 3.90. The molecule has 0 saturated carbocycles. The van der Waals surface area contributed by atoms with Gasteiger partial charge in [0.15, 0.2) is 0 Å². The van der Waals surface area contributed by atoms with Gasteiger partial charge in [0.2, 0.25) is 0 Å². The van der Waals surface area contributed by atoms with Crippen LogP contribution in [0.3, 0.4) is 0 Å². The fraction of sp³-hybridized carbons (Fsp3) is 0.167. The smallest absolute Gasteiger partial charge is 0.255 e. The number of fused-ring (bicyclic) bond motifs is 2. The summed E-state index contributed by atoms with van der Waals surface area (Å²) in [6.07, 6.45) is 2.89. The molecule has 0 amide bonds. The Bertz CT molecular complexity index is 866. The van der Waals surface area contributed by atoms with Crippen LogP contribution in [0.2, 0.25) is 0 Å². The molecule has 0 bridgehead atoms. The molecule has 3 aromatic rings. The lowest BCUT2D eigenvalue weighted by Gasteiger charge is -2.31. The molecule has 0 radical (unpaired) electrons. The van der Waals surface area contributed by atoms with Crippen molar-refractivity contribution in [1.29, 1.82) is 0 Å². The van der Waals surface area contributed by atoms with Gasteiger partial charge in [0.25, 0.3) is 5.56 Å². The quantitative estimate of drug-likeness (QED) is 0.741. The first-order valence-electron chi connectivity index (χ1n) is 7.25. The van der Waals surface area contributed by atoms with Crippen LogP contribution in [0.1, 0.15) is 11.1 Å². The van der Waals surface area contributed by atoms with Crippen LogP contribution in [0.25, 0.3) is 10.8 Å². The molecule has 1 aromatic heterocycles. The maximum atomic E-state index is 11.9. The maximum absolute atomic E-state index is 11.9. The van der Waals surface area contributed by atoms with E-state index in [0.717, 1.165) is 36.0 Å². The standard InChI is InChI=1S/C18H16N2O/c21-18-16-8-4-3-7-15(16)17(11-19-18)20-10-9-13-5-1-2-6-14(13)12-20/h1-8,11H,9-10,12H2,(H,19,21).